The first-order valence-corrected chi connectivity index (χ1v) is 9.78. The van der Waals surface area contributed by atoms with Gasteiger partial charge in [0.25, 0.3) is 5.91 Å². The SMILES string of the molecule is CCCCN(Cc1ccccc1)C(=O)c1cnc(OC2CCOC2)c(Cl)c1. The second kappa shape index (κ2) is 9.72. The lowest BCUT2D eigenvalue weighted by molar-refractivity contribution is 0.0740. The molecule has 2 aromatic rings. The standard InChI is InChI=1S/C21H25ClN2O3/c1-2-3-10-24(14-16-7-5-4-6-8-16)21(25)17-12-19(22)20(23-13-17)27-18-9-11-26-15-18/h4-8,12-13,18H,2-3,9-11,14-15H2,1H3. The number of nitrogens with zero attached hydrogens (tertiary/aromatic N) is 2. The summed E-state index contributed by atoms with van der Waals surface area (Å²) >= 11 is 6.32. The van der Waals surface area contributed by atoms with E-state index in [1.54, 1.807) is 12.3 Å². The van der Waals surface area contributed by atoms with Crippen LogP contribution in [0.5, 0.6) is 5.88 Å². The van der Waals surface area contributed by atoms with E-state index in [1.807, 2.05) is 35.2 Å². The van der Waals surface area contributed by atoms with E-state index >= 15 is 0 Å². The molecule has 0 aliphatic carbocycles. The minimum atomic E-state index is -0.0718. The first kappa shape index (κ1) is 19.6. The van der Waals surface area contributed by atoms with E-state index in [1.165, 1.54) is 0 Å². The molecule has 0 spiro atoms. The van der Waals surface area contributed by atoms with E-state index in [-0.39, 0.29) is 12.0 Å². The topological polar surface area (TPSA) is 51.7 Å². The summed E-state index contributed by atoms with van der Waals surface area (Å²) in [7, 11) is 0. The van der Waals surface area contributed by atoms with Crippen molar-refractivity contribution >= 4 is 17.5 Å². The smallest absolute Gasteiger partial charge is 0.255 e. The summed E-state index contributed by atoms with van der Waals surface area (Å²) in [6, 6.07) is 11.6. The van der Waals surface area contributed by atoms with Crippen molar-refractivity contribution in [3.8, 4) is 5.88 Å². The quantitative estimate of drug-likeness (QED) is 0.674. The fraction of sp³-hybridized carbons (Fsp3) is 0.429. The molecule has 27 heavy (non-hydrogen) atoms. The Kier molecular flexibility index (Phi) is 7.07. The minimum Gasteiger partial charge on any atom is -0.471 e. The van der Waals surface area contributed by atoms with Gasteiger partial charge in [0, 0.05) is 25.7 Å². The average Bonchev–Trinajstić information content (AvgIpc) is 3.20. The third-order valence-electron chi connectivity index (χ3n) is 4.51. The van der Waals surface area contributed by atoms with E-state index < -0.39 is 0 Å². The van der Waals surface area contributed by atoms with Crippen LogP contribution >= 0.6 is 11.6 Å². The number of carbonyl (C=O) groups is 1. The van der Waals surface area contributed by atoms with Crippen LogP contribution in [0, 0.1) is 0 Å². The van der Waals surface area contributed by atoms with Gasteiger partial charge in [0.1, 0.15) is 11.1 Å². The molecule has 1 amide bonds. The molecular formula is C21H25ClN2O3. The number of rotatable bonds is 8. The second-order valence-electron chi connectivity index (χ2n) is 6.68. The summed E-state index contributed by atoms with van der Waals surface area (Å²) in [5.74, 6) is 0.282. The van der Waals surface area contributed by atoms with Crippen molar-refractivity contribution in [1.29, 1.82) is 0 Å². The van der Waals surface area contributed by atoms with Gasteiger partial charge >= 0.3 is 0 Å². The molecular weight excluding hydrogens is 364 g/mol. The number of pyridine rings is 1. The molecule has 1 aliphatic rings. The number of hydrogen-bond acceptors (Lipinski definition) is 4. The molecule has 0 N–H and O–H groups in total. The predicted molar refractivity (Wildman–Crippen MR) is 105 cm³/mol. The average molecular weight is 389 g/mol. The van der Waals surface area contributed by atoms with Crippen LogP contribution in [0.4, 0.5) is 0 Å². The van der Waals surface area contributed by atoms with Gasteiger partial charge in [-0.25, -0.2) is 4.98 Å². The highest BCUT2D eigenvalue weighted by atomic mass is 35.5. The Morgan fingerprint density at radius 3 is 2.85 bits per heavy atom. The number of halogens is 1. The maximum Gasteiger partial charge on any atom is 0.255 e. The molecule has 0 bridgehead atoms. The van der Waals surface area contributed by atoms with E-state index in [4.69, 9.17) is 21.1 Å². The van der Waals surface area contributed by atoms with Crippen molar-refractivity contribution in [1.82, 2.24) is 9.88 Å². The van der Waals surface area contributed by atoms with Gasteiger partial charge in [-0.2, -0.15) is 0 Å². The zero-order chi connectivity index (χ0) is 19.1. The van der Waals surface area contributed by atoms with Crippen molar-refractivity contribution in [3.05, 3.63) is 58.7 Å². The van der Waals surface area contributed by atoms with Crippen LogP contribution in [-0.4, -0.2) is 41.7 Å². The highest BCUT2D eigenvalue weighted by Gasteiger charge is 2.21. The second-order valence-corrected chi connectivity index (χ2v) is 7.09. The number of amides is 1. The zero-order valence-electron chi connectivity index (χ0n) is 15.6. The van der Waals surface area contributed by atoms with Gasteiger partial charge < -0.3 is 14.4 Å². The summed E-state index contributed by atoms with van der Waals surface area (Å²) in [5.41, 5.74) is 1.57. The molecule has 0 saturated carbocycles. The molecule has 6 heteroatoms. The molecule has 3 rings (SSSR count). The molecule has 1 fully saturated rings. The highest BCUT2D eigenvalue weighted by molar-refractivity contribution is 6.32. The first-order chi connectivity index (χ1) is 13.2. The maximum atomic E-state index is 13.0. The van der Waals surface area contributed by atoms with Crippen LogP contribution < -0.4 is 4.74 Å². The highest BCUT2D eigenvalue weighted by Crippen LogP contribution is 2.26. The Morgan fingerprint density at radius 2 is 2.19 bits per heavy atom. The molecule has 1 atom stereocenters. The largest absolute Gasteiger partial charge is 0.471 e. The normalized spacial score (nSPS) is 16.3. The van der Waals surface area contributed by atoms with Gasteiger partial charge in [-0.3, -0.25) is 4.79 Å². The molecule has 1 saturated heterocycles. The third kappa shape index (κ3) is 5.44. The molecule has 2 heterocycles. The summed E-state index contributed by atoms with van der Waals surface area (Å²) in [4.78, 5) is 19.1. The Bertz CT molecular complexity index is 748. The first-order valence-electron chi connectivity index (χ1n) is 9.40. The van der Waals surface area contributed by atoms with Crippen molar-refractivity contribution in [3.63, 3.8) is 0 Å². The van der Waals surface area contributed by atoms with Gasteiger partial charge in [0.15, 0.2) is 0 Å². The number of aromatic nitrogens is 1. The Balaban J connectivity index is 1.73. The Hall–Kier alpha value is -2.11. The number of ether oxygens (including phenoxy) is 2. The van der Waals surface area contributed by atoms with Crippen LogP contribution in [0.15, 0.2) is 42.6 Å². The lowest BCUT2D eigenvalue weighted by atomic mass is 10.1. The van der Waals surface area contributed by atoms with Gasteiger partial charge in [0.05, 0.1) is 18.8 Å². The maximum absolute atomic E-state index is 13.0. The van der Waals surface area contributed by atoms with Gasteiger partial charge in [-0.1, -0.05) is 55.3 Å². The summed E-state index contributed by atoms with van der Waals surface area (Å²) in [5, 5.41) is 0.350. The molecule has 0 radical (unpaired) electrons. The van der Waals surface area contributed by atoms with Crippen molar-refractivity contribution in [2.24, 2.45) is 0 Å². The fourth-order valence-corrected chi connectivity index (χ4v) is 3.19. The van der Waals surface area contributed by atoms with Gasteiger partial charge in [-0.05, 0) is 18.1 Å². The fourth-order valence-electron chi connectivity index (χ4n) is 2.98. The third-order valence-corrected chi connectivity index (χ3v) is 4.78. The molecule has 1 unspecified atom stereocenters. The molecule has 5 nitrogen and oxygen atoms in total. The van der Waals surface area contributed by atoms with Crippen LogP contribution in [0.2, 0.25) is 5.02 Å². The zero-order valence-corrected chi connectivity index (χ0v) is 16.3. The van der Waals surface area contributed by atoms with E-state index in [0.29, 0.717) is 42.8 Å². The number of hydrogen-bond donors (Lipinski definition) is 0. The molecule has 1 aromatic heterocycles. The number of benzene rings is 1. The minimum absolute atomic E-state index is 0.0318. The molecule has 1 aliphatic heterocycles. The van der Waals surface area contributed by atoms with E-state index in [2.05, 4.69) is 11.9 Å². The number of unbranched alkanes of at least 4 members (excludes halogenated alkanes) is 1. The van der Waals surface area contributed by atoms with Crippen LogP contribution in [0.25, 0.3) is 0 Å². The van der Waals surface area contributed by atoms with Gasteiger partial charge in [0.2, 0.25) is 5.88 Å². The summed E-state index contributed by atoms with van der Waals surface area (Å²) in [6.07, 6.45) is 4.30. The van der Waals surface area contributed by atoms with E-state index in [9.17, 15) is 4.79 Å². The van der Waals surface area contributed by atoms with Crippen LogP contribution in [0.3, 0.4) is 0 Å². The van der Waals surface area contributed by atoms with Crippen LogP contribution in [-0.2, 0) is 11.3 Å². The lowest BCUT2D eigenvalue weighted by Crippen LogP contribution is -2.31. The number of carbonyl (C=O) groups excluding carboxylic acids is 1. The summed E-state index contributed by atoms with van der Waals surface area (Å²) < 4.78 is 11.1. The molecule has 1 aromatic carbocycles. The van der Waals surface area contributed by atoms with E-state index in [0.717, 1.165) is 24.8 Å². The summed E-state index contributed by atoms with van der Waals surface area (Å²) in [6.45, 7) is 4.60. The van der Waals surface area contributed by atoms with Crippen molar-refractivity contribution < 1.29 is 14.3 Å². The molecule has 144 valence electrons. The van der Waals surface area contributed by atoms with Gasteiger partial charge in [-0.15, -0.1) is 0 Å². The Labute approximate surface area is 165 Å². The van der Waals surface area contributed by atoms with Crippen molar-refractivity contribution in [2.75, 3.05) is 19.8 Å². The predicted octanol–water partition coefficient (Wildman–Crippen LogP) is 4.35. The Morgan fingerprint density at radius 1 is 1.37 bits per heavy atom. The van der Waals surface area contributed by atoms with Crippen molar-refractivity contribution in [2.45, 2.75) is 38.8 Å². The van der Waals surface area contributed by atoms with Crippen LogP contribution in [0.1, 0.15) is 42.1 Å². The monoisotopic (exact) mass is 388 g/mol. The lowest BCUT2D eigenvalue weighted by Gasteiger charge is -2.23.